The van der Waals surface area contributed by atoms with Crippen LogP contribution in [0.25, 0.3) is 0 Å². The molecule has 1 unspecified atom stereocenters. The van der Waals surface area contributed by atoms with Gasteiger partial charge < -0.3 is 5.11 Å². The number of benzene rings is 1. The van der Waals surface area contributed by atoms with Gasteiger partial charge in [-0.05, 0) is 6.42 Å². The Morgan fingerprint density at radius 1 is 1.41 bits per heavy atom. The number of hydrogen-bond donors (Lipinski definition) is 1. The number of carbonyl (C=O) groups is 1. The Hall–Kier alpha value is -1.10. The smallest absolute Gasteiger partial charge is 0.316 e. The molecule has 0 fully saturated rings. The summed E-state index contributed by atoms with van der Waals surface area (Å²) in [4.78, 5) is 10.7. The van der Waals surface area contributed by atoms with Gasteiger partial charge >= 0.3 is 5.97 Å². The highest BCUT2D eigenvalue weighted by atomic mass is 32.2. The SMILES string of the molecule is CCC(SCC(F)(F)c1ccccc1)C(=O)O. The molecule has 0 aliphatic heterocycles. The molecule has 1 atom stereocenters. The molecule has 1 N–H and O–H groups in total. The largest absolute Gasteiger partial charge is 0.480 e. The minimum absolute atomic E-state index is 0.0762. The molecular weight excluding hydrogens is 246 g/mol. The summed E-state index contributed by atoms with van der Waals surface area (Å²) in [6, 6.07) is 7.45. The Bertz CT molecular complexity index is 368. The Kier molecular flexibility index (Phi) is 4.93. The second-order valence-corrected chi connectivity index (χ2v) is 4.81. The van der Waals surface area contributed by atoms with Gasteiger partial charge in [0.1, 0.15) is 5.25 Å². The zero-order valence-electron chi connectivity index (χ0n) is 9.40. The molecule has 94 valence electrons. The molecule has 0 saturated carbocycles. The molecule has 2 nitrogen and oxygen atoms in total. The fourth-order valence-corrected chi connectivity index (χ4v) is 2.29. The average Bonchev–Trinajstić information content (AvgIpc) is 2.30. The summed E-state index contributed by atoms with van der Waals surface area (Å²) >= 11 is 0.782. The highest BCUT2D eigenvalue weighted by Gasteiger charge is 2.33. The molecule has 0 aromatic heterocycles. The van der Waals surface area contributed by atoms with E-state index in [4.69, 9.17) is 5.11 Å². The van der Waals surface area contributed by atoms with Gasteiger partial charge in [0.2, 0.25) is 0 Å². The number of carboxylic acids is 1. The van der Waals surface area contributed by atoms with Crippen molar-refractivity contribution in [3.05, 3.63) is 35.9 Å². The average molecular weight is 260 g/mol. The number of halogens is 2. The summed E-state index contributed by atoms with van der Waals surface area (Å²) in [5, 5.41) is 8.00. The zero-order chi connectivity index (χ0) is 12.9. The molecule has 1 rings (SSSR count). The minimum atomic E-state index is -2.99. The van der Waals surface area contributed by atoms with Gasteiger partial charge in [-0.15, -0.1) is 11.8 Å². The quantitative estimate of drug-likeness (QED) is 0.852. The first-order valence-electron chi connectivity index (χ1n) is 5.25. The molecular formula is C12H14F2O2S. The summed E-state index contributed by atoms with van der Waals surface area (Å²) in [5.41, 5.74) is -0.0762. The molecule has 0 amide bonds. The van der Waals surface area contributed by atoms with E-state index < -0.39 is 22.9 Å². The fourth-order valence-electron chi connectivity index (χ4n) is 1.33. The maximum absolute atomic E-state index is 13.7. The minimum Gasteiger partial charge on any atom is -0.480 e. The van der Waals surface area contributed by atoms with Gasteiger partial charge in [-0.3, -0.25) is 4.79 Å². The molecule has 0 spiro atoms. The van der Waals surface area contributed by atoms with Crippen molar-refractivity contribution in [3.63, 3.8) is 0 Å². The number of rotatable bonds is 6. The monoisotopic (exact) mass is 260 g/mol. The van der Waals surface area contributed by atoms with Crippen molar-refractivity contribution >= 4 is 17.7 Å². The number of hydrogen-bond acceptors (Lipinski definition) is 2. The van der Waals surface area contributed by atoms with E-state index in [-0.39, 0.29) is 5.56 Å². The third kappa shape index (κ3) is 4.00. The van der Waals surface area contributed by atoms with Gasteiger partial charge in [0.05, 0.1) is 5.75 Å². The van der Waals surface area contributed by atoms with Crippen molar-refractivity contribution in [2.24, 2.45) is 0 Å². The van der Waals surface area contributed by atoms with Gasteiger partial charge in [-0.25, -0.2) is 8.78 Å². The first-order chi connectivity index (χ1) is 7.97. The molecule has 1 aromatic rings. The van der Waals surface area contributed by atoms with E-state index in [9.17, 15) is 13.6 Å². The highest BCUT2D eigenvalue weighted by molar-refractivity contribution is 8.00. The fraction of sp³-hybridized carbons (Fsp3) is 0.417. The summed E-state index contributed by atoms with van der Waals surface area (Å²) in [6.45, 7) is 1.67. The molecule has 0 aliphatic rings. The van der Waals surface area contributed by atoms with Crippen LogP contribution in [0, 0.1) is 0 Å². The van der Waals surface area contributed by atoms with Crippen LogP contribution < -0.4 is 0 Å². The predicted octanol–water partition coefficient (Wildman–Crippen LogP) is 3.37. The number of thioether (sulfide) groups is 1. The van der Waals surface area contributed by atoms with E-state index >= 15 is 0 Å². The molecule has 17 heavy (non-hydrogen) atoms. The lowest BCUT2D eigenvalue weighted by molar-refractivity contribution is -0.136. The van der Waals surface area contributed by atoms with Crippen LogP contribution in [-0.2, 0) is 10.7 Å². The van der Waals surface area contributed by atoms with Crippen molar-refractivity contribution in [1.29, 1.82) is 0 Å². The van der Waals surface area contributed by atoms with Gasteiger partial charge in [0, 0.05) is 5.56 Å². The van der Waals surface area contributed by atoms with Crippen LogP contribution in [-0.4, -0.2) is 22.1 Å². The van der Waals surface area contributed by atoms with Crippen LogP contribution in [0.4, 0.5) is 8.78 Å². The van der Waals surface area contributed by atoms with Crippen LogP contribution in [0.3, 0.4) is 0 Å². The zero-order valence-corrected chi connectivity index (χ0v) is 10.2. The van der Waals surface area contributed by atoms with Gasteiger partial charge in [0.15, 0.2) is 0 Å². The first-order valence-corrected chi connectivity index (χ1v) is 6.30. The maximum Gasteiger partial charge on any atom is 0.316 e. The number of carboxylic acid groups (broad SMARTS) is 1. The molecule has 0 saturated heterocycles. The van der Waals surface area contributed by atoms with Crippen molar-refractivity contribution in [2.75, 3.05) is 5.75 Å². The first kappa shape index (κ1) is 14.0. The van der Waals surface area contributed by atoms with Crippen molar-refractivity contribution in [2.45, 2.75) is 24.5 Å². The standard InChI is InChI=1S/C12H14F2O2S/c1-2-10(11(15)16)17-8-12(13,14)9-6-4-3-5-7-9/h3-7,10H,2,8H2,1H3,(H,15,16). The summed E-state index contributed by atoms with van der Waals surface area (Å²) in [7, 11) is 0. The van der Waals surface area contributed by atoms with E-state index in [0.717, 1.165) is 11.8 Å². The lowest BCUT2D eigenvalue weighted by Gasteiger charge is -2.18. The molecule has 0 bridgehead atoms. The second-order valence-electron chi connectivity index (χ2n) is 3.62. The van der Waals surface area contributed by atoms with Crippen molar-refractivity contribution < 1.29 is 18.7 Å². The highest BCUT2D eigenvalue weighted by Crippen LogP contribution is 2.33. The lowest BCUT2D eigenvalue weighted by atomic mass is 10.1. The molecule has 0 aliphatic carbocycles. The molecule has 5 heteroatoms. The third-order valence-corrected chi connectivity index (χ3v) is 3.77. The van der Waals surface area contributed by atoms with E-state index in [1.54, 1.807) is 25.1 Å². The Balaban J connectivity index is 2.64. The van der Waals surface area contributed by atoms with Crippen LogP contribution in [0.5, 0.6) is 0 Å². The van der Waals surface area contributed by atoms with E-state index in [1.165, 1.54) is 12.1 Å². The number of alkyl halides is 2. The van der Waals surface area contributed by atoms with Gasteiger partial charge in [-0.1, -0.05) is 37.3 Å². The Morgan fingerprint density at radius 3 is 2.47 bits per heavy atom. The van der Waals surface area contributed by atoms with E-state index in [0.29, 0.717) is 6.42 Å². The Labute approximate surface area is 103 Å². The van der Waals surface area contributed by atoms with Crippen molar-refractivity contribution in [3.8, 4) is 0 Å². The van der Waals surface area contributed by atoms with Gasteiger partial charge in [0.25, 0.3) is 5.92 Å². The summed E-state index contributed by atoms with van der Waals surface area (Å²) < 4.78 is 27.4. The normalized spacial score (nSPS) is 13.4. The van der Waals surface area contributed by atoms with Crippen LogP contribution >= 0.6 is 11.8 Å². The van der Waals surface area contributed by atoms with Crippen LogP contribution in [0.1, 0.15) is 18.9 Å². The van der Waals surface area contributed by atoms with Crippen LogP contribution in [0.15, 0.2) is 30.3 Å². The van der Waals surface area contributed by atoms with Gasteiger partial charge in [-0.2, -0.15) is 0 Å². The predicted molar refractivity (Wildman–Crippen MR) is 64.5 cm³/mol. The van der Waals surface area contributed by atoms with Crippen molar-refractivity contribution in [1.82, 2.24) is 0 Å². The summed E-state index contributed by atoms with van der Waals surface area (Å²) in [6.07, 6.45) is 0.338. The topological polar surface area (TPSA) is 37.3 Å². The maximum atomic E-state index is 13.7. The summed E-state index contributed by atoms with van der Waals surface area (Å²) in [5.74, 6) is -4.54. The second kappa shape index (κ2) is 6.00. The third-order valence-electron chi connectivity index (χ3n) is 2.31. The number of aliphatic carboxylic acids is 1. The Morgan fingerprint density at radius 2 is 2.00 bits per heavy atom. The lowest BCUT2D eigenvalue weighted by Crippen LogP contribution is -2.22. The van der Waals surface area contributed by atoms with E-state index in [2.05, 4.69) is 0 Å². The van der Waals surface area contributed by atoms with Crippen LogP contribution in [0.2, 0.25) is 0 Å². The molecule has 0 radical (unpaired) electrons. The molecule has 0 heterocycles. The molecule has 1 aromatic carbocycles. The van der Waals surface area contributed by atoms with E-state index in [1.807, 2.05) is 0 Å².